The Bertz CT molecular complexity index is 372. The Kier molecular flexibility index (Phi) is 8.11. The van der Waals surface area contributed by atoms with Crippen molar-refractivity contribution in [2.75, 3.05) is 19.8 Å². The van der Waals surface area contributed by atoms with E-state index in [1.165, 1.54) is 0 Å². The number of rotatable bonds is 9. The van der Waals surface area contributed by atoms with E-state index in [-0.39, 0.29) is 25.2 Å². The average Bonchev–Trinajstić information content (AvgIpc) is 2.46. The molecule has 0 aliphatic rings. The van der Waals surface area contributed by atoms with E-state index in [1.807, 2.05) is 38.1 Å². The van der Waals surface area contributed by atoms with Crippen LogP contribution >= 0.6 is 11.6 Å². The van der Waals surface area contributed by atoms with Crippen molar-refractivity contribution in [2.45, 2.75) is 32.6 Å². The van der Waals surface area contributed by atoms with Gasteiger partial charge in [0.15, 0.2) is 0 Å². The number of ether oxygens (including phenoxy) is 1. The highest BCUT2D eigenvalue weighted by Crippen LogP contribution is 2.10. The van der Waals surface area contributed by atoms with Crippen molar-refractivity contribution in [2.24, 2.45) is 5.92 Å². The molecule has 0 aliphatic heterocycles. The van der Waals surface area contributed by atoms with Crippen molar-refractivity contribution >= 4 is 11.6 Å². The van der Waals surface area contributed by atoms with Crippen LogP contribution in [0.3, 0.4) is 0 Å². The number of hydrogen-bond donors (Lipinski definition) is 3. The molecule has 0 aliphatic carbocycles. The van der Waals surface area contributed by atoms with E-state index in [2.05, 4.69) is 5.32 Å². The van der Waals surface area contributed by atoms with Crippen LogP contribution in [0.1, 0.15) is 19.4 Å². The van der Waals surface area contributed by atoms with Gasteiger partial charge in [-0.1, -0.05) is 30.7 Å². The van der Waals surface area contributed by atoms with E-state index >= 15 is 0 Å². The van der Waals surface area contributed by atoms with Gasteiger partial charge in [0.05, 0.1) is 19.3 Å². The Labute approximate surface area is 125 Å². The van der Waals surface area contributed by atoms with E-state index in [1.54, 1.807) is 0 Å². The largest absolute Gasteiger partial charge is 0.396 e. The molecule has 0 aromatic heterocycles. The highest BCUT2D eigenvalue weighted by Gasteiger charge is 2.12. The smallest absolute Gasteiger partial charge is 0.0897 e. The maximum absolute atomic E-state index is 9.80. The molecule has 0 saturated carbocycles. The predicted octanol–water partition coefficient (Wildman–Crippen LogP) is 1.82. The van der Waals surface area contributed by atoms with Gasteiger partial charge < -0.3 is 20.3 Å². The number of benzene rings is 1. The lowest BCUT2D eigenvalue weighted by Gasteiger charge is -2.21. The molecule has 0 radical (unpaired) electrons. The van der Waals surface area contributed by atoms with Crippen LogP contribution < -0.4 is 5.32 Å². The fraction of sp³-hybridized carbons (Fsp3) is 0.600. The van der Waals surface area contributed by atoms with Crippen molar-refractivity contribution in [1.29, 1.82) is 0 Å². The average molecular weight is 302 g/mol. The number of aliphatic hydroxyl groups excluding tert-OH is 2. The lowest BCUT2D eigenvalue weighted by atomic mass is 10.1. The first-order chi connectivity index (χ1) is 9.52. The van der Waals surface area contributed by atoms with Crippen molar-refractivity contribution in [3.05, 3.63) is 34.9 Å². The molecular weight excluding hydrogens is 278 g/mol. The van der Waals surface area contributed by atoms with Crippen molar-refractivity contribution in [1.82, 2.24) is 5.32 Å². The van der Waals surface area contributed by atoms with Crippen LogP contribution in [0.4, 0.5) is 0 Å². The van der Waals surface area contributed by atoms with Crippen molar-refractivity contribution in [3.8, 4) is 0 Å². The minimum atomic E-state index is -0.560. The summed E-state index contributed by atoms with van der Waals surface area (Å²) in [4.78, 5) is 0. The molecule has 0 bridgehead atoms. The number of hydrogen-bond acceptors (Lipinski definition) is 4. The van der Waals surface area contributed by atoms with E-state index in [4.69, 9.17) is 21.4 Å². The molecule has 114 valence electrons. The molecule has 3 N–H and O–H groups in total. The molecule has 1 rings (SSSR count). The minimum absolute atomic E-state index is 0.136. The molecule has 1 aromatic rings. The van der Waals surface area contributed by atoms with Gasteiger partial charge in [-0.25, -0.2) is 0 Å². The van der Waals surface area contributed by atoms with Gasteiger partial charge in [-0.15, -0.1) is 0 Å². The molecule has 5 heteroatoms. The maximum Gasteiger partial charge on any atom is 0.0897 e. The monoisotopic (exact) mass is 301 g/mol. The van der Waals surface area contributed by atoms with Crippen LogP contribution in [0.2, 0.25) is 5.02 Å². The fourth-order valence-corrected chi connectivity index (χ4v) is 1.76. The van der Waals surface area contributed by atoms with Crippen molar-refractivity contribution < 1.29 is 14.9 Å². The van der Waals surface area contributed by atoms with E-state index in [0.29, 0.717) is 18.2 Å². The molecule has 0 heterocycles. The summed E-state index contributed by atoms with van der Waals surface area (Å²) in [6.45, 7) is 5.26. The van der Waals surface area contributed by atoms with E-state index in [9.17, 15) is 5.11 Å². The summed E-state index contributed by atoms with van der Waals surface area (Å²) < 4.78 is 5.46. The standard InChI is InChI=1S/C15H24ClNO3/c1-11(8-18)12(2)17-7-15(19)10-20-9-13-3-5-14(16)6-4-13/h3-6,11-12,15,17-19H,7-10H2,1-2H3. The molecule has 0 saturated heterocycles. The van der Waals surface area contributed by atoms with Gasteiger partial charge in [-0.2, -0.15) is 0 Å². The van der Waals surface area contributed by atoms with Crippen LogP contribution in [-0.4, -0.2) is 42.1 Å². The molecule has 20 heavy (non-hydrogen) atoms. The van der Waals surface area contributed by atoms with Crippen LogP contribution in [0.15, 0.2) is 24.3 Å². The maximum atomic E-state index is 9.80. The second-order valence-corrected chi connectivity index (χ2v) is 5.59. The first-order valence-electron chi connectivity index (χ1n) is 6.87. The zero-order chi connectivity index (χ0) is 15.0. The third-order valence-electron chi connectivity index (χ3n) is 3.31. The van der Waals surface area contributed by atoms with Gasteiger partial charge in [0.2, 0.25) is 0 Å². The van der Waals surface area contributed by atoms with Crippen LogP contribution in [0, 0.1) is 5.92 Å². The molecule has 3 unspecified atom stereocenters. The van der Waals surface area contributed by atoms with Gasteiger partial charge in [0, 0.05) is 24.2 Å². The number of halogens is 1. The van der Waals surface area contributed by atoms with Gasteiger partial charge in [-0.05, 0) is 30.5 Å². The summed E-state index contributed by atoms with van der Waals surface area (Å²) in [5.74, 6) is 0.164. The SMILES string of the molecule is CC(CO)C(C)NCC(O)COCc1ccc(Cl)cc1. The first-order valence-corrected chi connectivity index (χ1v) is 7.25. The van der Waals surface area contributed by atoms with Gasteiger partial charge >= 0.3 is 0 Å². The molecule has 4 nitrogen and oxygen atoms in total. The zero-order valence-corrected chi connectivity index (χ0v) is 12.8. The highest BCUT2D eigenvalue weighted by atomic mass is 35.5. The molecule has 0 spiro atoms. The summed E-state index contributed by atoms with van der Waals surface area (Å²) in [5.41, 5.74) is 1.02. The van der Waals surface area contributed by atoms with E-state index in [0.717, 1.165) is 5.56 Å². The molecule has 3 atom stereocenters. The van der Waals surface area contributed by atoms with Crippen LogP contribution in [0.5, 0.6) is 0 Å². The molecule has 1 aromatic carbocycles. The topological polar surface area (TPSA) is 61.7 Å². The zero-order valence-electron chi connectivity index (χ0n) is 12.1. The third-order valence-corrected chi connectivity index (χ3v) is 3.56. The fourth-order valence-electron chi connectivity index (χ4n) is 1.63. The summed E-state index contributed by atoms with van der Waals surface area (Å²) in [7, 11) is 0. The summed E-state index contributed by atoms with van der Waals surface area (Å²) in [6.07, 6.45) is -0.560. The molecular formula is C15H24ClNO3. The lowest BCUT2D eigenvalue weighted by molar-refractivity contribution is 0.0265. The Morgan fingerprint density at radius 2 is 1.90 bits per heavy atom. The predicted molar refractivity (Wildman–Crippen MR) is 80.8 cm³/mol. The second-order valence-electron chi connectivity index (χ2n) is 5.15. The van der Waals surface area contributed by atoms with Crippen LogP contribution in [0.25, 0.3) is 0 Å². The van der Waals surface area contributed by atoms with Gasteiger partial charge in [-0.3, -0.25) is 0 Å². The minimum Gasteiger partial charge on any atom is -0.396 e. The second kappa shape index (κ2) is 9.32. The Morgan fingerprint density at radius 3 is 2.50 bits per heavy atom. The van der Waals surface area contributed by atoms with Gasteiger partial charge in [0.1, 0.15) is 0 Å². The molecule has 0 fully saturated rings. The third kappa shape index (κ3) is 6.68. The summed E-state index contributed by atoms with van der Waals surface area (Å²) >= 11 is 5.80. The summed E-state index contributed by atoms with van der Waals surface area (Å²) in [6, 6.07) is 7.59. The Morgan fingerprint density at radius 1 is 1.25 bits per heavy atom. The highest BCUT2D eigenvalue weighted by molar-refractivity contribution is 6.30. The normalized spacial score (nSPS) is 15.8. The van der Waals surface area contributed by atoms with Crippen molar-refractivity contribution in [3.63, 3.8) is 0 Å². The number of nitrogens with one attached hydrogen (secondary N) is 1. The number of aliphatic hydroxyl groups is 2. The van der Waals surface area contributed by atoms with Gasteiger partial charge in [0.25, 0.3) is 0 Å². The van der Waals surface area contributed by atoms with Crippen LogP contribution in [-0.2, 0) is 11.3 Å². The first kappa shape index (κ1) is 17.4. The Hall–Kier alpha value is -0.650. The Balaban J connectivity index is 2.16. The molecule has 0 amide bonds. The lowest BCUT2D eigenvalue weighted by Crippen LogP contribution is -2.40. The van der Waals surface area contributed by atoms with E-state index < -0.39 is 6.10 Å². The summed E-state index contributed by atoms with van der Waals surface area (Å²) in [5, 5.41) is 22.7. The quantitative estimate of drug-likeness (QED) is 0.651.